The van der Waals surface area contributed by atoms with Crippen molar-refractivity contribution in [1.82, 2.24) is 10.2 Å². The van der Waals surface area contributed by atoms with Crippen molar-refractivity contribution in [3.8, 4) is 0 Å². The largest absolute Gasteiger partial charge is 0.480 e. The molecule has 8 nitrogen and oxygen atoms in total. The molecule has 2 atom stereocenters. The van der Waals surface area contributed by atoms with E-state index in [-0.39, 0.29) is 25.5 Å². The number of carbonyl (C=O) groups is 3. The molecule has 108 valence electrons. The number of aliphatic hydroxyl groups excluding tert-OH is 1. The van der Waals surface area contributed by atoms with Crippen molar-refractivity contribution in [2.45, 2.75) is 25.3 Å². The van der Waals surface area contributed by atoms with Crippen molar-refractivity contribution in [1.29, 1.82) is 0 Å². The van der Waals surface area contributed by atoms with Gasteiger partial charge in [0, 0.05) is 26.1 Å². The molecule has 2 unspecified atom stereocenters. The maximum absolute atomic E-state index is 11.9. The number of nitrogens with one attached hydrogen (secondary N) is 1. The first-order valence-corrected chi connectivity index (χ1v) is 6.14. The van der Waals surface area contributed by atoms with E-state index in [0.29, 0.717) is 19.4 Å². The monoisotopic (exact) mass is 273 g/mol. The minimum atomic E-state index is -1.20. The van der Waals surface area contributed by atoms with Crippen LogP contribution >= 0.6 is 0 Å². The molecule has 0 spiro atoms. The maximum atomic E-state index is 11.9. The van der Waals surface area contributed by atoms with Gasteiger partial charge in [-0.2, -0.15) is 0 Å². The van der Waals surface area contributed by atoms with Gasteiger partial charge < -0.3 is 26.2 Å². The highest BCUT2D eigenvalue weighted by molar-refractivity contribution is 5.83. The zero-order valence-electron chi connectivity index (χ0n) is 10.5. The first-order chi connectivity index (χ1) is 8.95. The standard InChI is InChI=1S/C11H19N3O5/c12-9(16)7-2-1-4-14(6-7)11(19)13-8(3-5-15)10(17)18/h7-8,15H,1-6H2,(H2,12,16)(H,13,19)(H,17,18). The lowest BCUT2D eigenvalue weighted by Crippen LogP contribution is -2.52. The molecule has 1 heterocycles. The molecular weight excluding hydrogens is 254 g/mol. The van der Waals surface area contributed by atoms with Crippen LogP contribution in [0.25, 0.3) is 0 Å². The maximum Gasteiger partial charge on any atom is 0.326 e. The second-order valence-electron chi connectivity index (χ2n) is 4.54. The number of urea groups is 1. The van der Waals surface area contributed by atoms with E-state index in [2.05, 4.69) is 5.32 Å². The zero-order valence-corrected chi connectivity index (χ0v) is 10.5. The summed E-state index contributed by atoms with van der Waals surface area (Å²) in [5.74, 6) is -2.05. The number of aliphatic hydroxyl groups is 1. The highest BCUT2D eigenvalue weighted by Gasteiger charge is 2.29. The van der Waals surface area contributed by atoms with Crippen LogP contribution in [0.3, 0.4) is 0 Å². The van der Waals surface area contributed by atoms with Gasteiger partial charge in [-0.1, -0.05) is 0 Å². The number of amides is 3. The fourth-order valence-electron chi connectivity index (χ4n) is 2.02. The SMILES string of the molecule is NC(=O)C1CCCN(C(=O)NC(CCO)C(=O)O)C1. The predicted molar refractivity (Wildman–Crippen MR) is 65.1 cm³/mol. The summed E-state index contributed by atoms with van der Waals surface area (Å²) in [6.45, 7) is 0.328. The average Bonchev–Trinajstić information content (AvgIpc) is 2.38. The fraction of sp³-hybridized carbons (Fsp3) is 0.727. The van der Waals surface area contributed by atoms with E-state index in [1.165, 1.54) is 4.90 Å². The van der Waals surface area contributed by atoms with Crippen LogP contribution in [0.5, 0.6) is 0 Å². The molecule has 0 aromatic rings. The summed E-state index contributed by atoms with van der Waals surface area (Å²) in [5, 5.41) is 19.9. The second kappa shape index (κ2) is 6.93. The van der Waals surface area contributed by atoms with Crippen LogP contribution in [0.15, 0.2) is 0 Å². The number of nitrogens with zero attached hydrogens (tertiary/aromatic N) is 1. The number of piperidine rings is 1. The molecule has 0 aliphatic carbocycles. The van der Waals surface area contributed by atoms with Crippen LogP contribution in [0.2, 0.25) is 0 Å². The summed E-state index contributed by atoms with van der Waals surface area (Å²) in [4.78, 5) is 35.2. The fourth-order valence-corrected chi connectivity index (χ4v) is 2.02. The van der Waals surface area contributed by atoms with Crippen molar-refractivity contribution in [3.05, 3.63) is 0 Å². The molecule has 3 amide bonds. The Hall–Kier alpha value is -1.83. The van der Waals surface area contributed by atoms with Crippen molar-refractivity contribution in [2.75, 3.05) is 19.7 Å². The molecule has 1 aliphatic heterocycles. The van der Waals surface area contributed by atoms with Crippen LogP contribution in [0.1, 0.15) is 19.3 Å². The van der Waals surface area contributed by atoms with Gasteiger partial charge in [-0.05, 0) is 12.8 Å². The quantitative estimate of drug-likeness (QED) is 0.495. The number of hydrogen-bond donors (Lipinski definition) is 4. The van der Waals surface area contributed by atoms with Crippen LogP contribution in [0.4, 0.5) is 4.79 Å². The summed E-state index contributed by atoms with van der Waals surface area (Å²) in [6, 6.07) is -1.68. The molecule has 0 bridgehead atoms. The Balaban J connectivity index is 2.56. The molecule has 0 aromatic heterocycles. The van der Waals surface area contributed by atoms with Gasteiger partial charge in [0.1, 0.15) is 6.04 Å². The normalized spacial score (nSPS) is 20.7. The van der Waals surface area contributed by atoms with E-state index in [0.717, 1.165) is 0 Å². The number of nitrogens with two attached hydrogens (primary N) is 1. The number of primary amides is 1. The van der Waals surface area contributed by atoms with Crippen molar-refractivity contribution in [2.24, 2.45) is 11.7 Å². The summed E-state index contributed by atoms with van der Waals surface area (Å²) in [6.07, 6.45) is 1.23. The number of aliphatic carboxylic acids is 1. The Kier molecular flexibility index (Phi) is 5.56. The number of carboxylic acid groups (broad SMARTS) is 1. The molecule has 19 heavy (non-hydrogen) atoms. The number of carboxylic acids is 1. The van der Waals surface area contributed by atoms with Gasteiger partial charge in [0.25, 0.3) is 0 Å². The first kappa shape index (κ1) is 15.2. The van der Waals surface area contributed by atoms with E-state index in [9.17, 15) is 14.4 Å². The van der Waals surface area contributed by atoms with E-state index in [1.54, 1.807) is 0 Å². The lowest BCUT2D eigenvalue weighted by molar-refractivity contribution is -0.139. The number of hydrogen-bond acceptors (Lipinski definition) is 4. The van der Waals surface area contributed by atoms with Crippen LogP contribution in [-0.4, -0.2) is 58.8 Å². The molecule has 1 fully saturated rings. The summed E-state index contributed by atoms with van der Waals surface area (Å²) in [5.41, 5.74) is 5.20. The minimum Gasteiger partial charge on any atom is -0.480 e. The Morgan fingerprint density at radius 3 is 2.63 bits per heavy atom. The molecule has 0 aromatic carbocycles. The molecule has 0 saturated carbocycles. The molecule has 0 radical (unpaired) electrons. The predicted octanol–water partition coefficient (Wildman–Crippen LogP) is -1.27. The average molecular weight is 273 g/mol. The molecule has 1 rings (SSSR count). The Labute approximate surface area is 110 Å². The second-order valence-corrected chi connectivity index (χ2v) is 4.54. The van der Waals surface area contributed by atoms with Crippen LogP contribution in [-0.2, 0) is 9.59 Å². The van der Waals surface area contributed by atoms with Crippen molar-refractivity contribution < 1.29 is 24.6 Å². The molecular formula is C11H19N3O5. The number of carbonyl (C=O) groups excluding carboxylic acids is 2. The van der Waals surface area contributed by atoms with Gasteiger partial charge in [0.15, 0.2) is 0 Å². The van der Waals surface area contributed by atoms with Crippen molar-refractivity contribution in [3.63, 3.8) is 0 Å². The molecule has 5 N–H and O–H groups in total. The summed E-state index contributed by atoms with van der Waals surface area (Å²) >= 11 is 0. The van der Waals surface area contributed by atoms with Gasteiger partial charge in [0.2, 0.25) is 5.91 Å². The van der Waals surface area contributed by atoms with E-state index < -0.39 is 23.9 Å². The van der Waals surface area contributed by atoms with Gasteiger partial charge in [-0.15, -0.1) is 0 Å². The summed E-state index contributed by atoms with van der Waals surface area (Å²) in [7, 11) is 0. The molecule has 1 aliphatic rings. The third-order valence-electron chi connectivity index (χ3n) is 3.12. The summed E-state index contributed by atoms with van der Waals surface area (Å²) < 4.78 is 0. The Morgan fingerprint density at radius 2 is 2.11 bits per heavy atom. The van der Waals surface area contributed by atoms with Gasteiger partial charge in [0.05, 0.1) is 5.92 Å². The highest BCUT2D eigenvalue weighted by atomic mass is 16.4. The van der Waals surface area contributed by atoms with E-state index in [1.807, 2.05) is 0 Å². The zero-order chi connectivity index (χ0) is 14.4. The number of likely N-dealkylation sites (tertiary alicyclic amines) is 1. The molecule has 8 heteroatoms. The number of rotatable bonds is 5. The van der Waals surface area contributed by atoms with E-state index in [4.69, 9.17) is 15.9 Å². The lowest BCUT2D eigenvalue weighted by atomic mass is 9.98. The first-order valence-electron chi connectivity index (χ1n) is 6.14. The van der Waals surface area contributed by atoms with Crippen molar-refractivity contribution >= 4 is 17.9 Å². The third-order valence-corrected chi connectivity index (χ3v) is 3.12. The molecule has 1 saturated heterocycles. The van der Waals surface area contributed by atoms with Gasteiger partial charge >= 0.3 is 12.0 Å². The van der Waals surface area contributed by atoms with E-state index >= 15 is 0 Å². The smallest absolute Gasteiger partial charge is 0.326 e. The lowest BCUT2D eigenvalue weighted by Gasteiger charge is -2.32. The Bertz CT molecular complexity index is 360. The Morgan fingerprint density at radius 1 is 1.42 bits per heavy atom. The van der Waals surface area contributed by atoms with Gasteiger partial charge in [-0.3, -0.25) is 4.79 Å². The minimum absolute atomic E-state index is 0.0613. The topological polar surface area (TPSA) is 133 Å². The van der Waals surface area contributed by atoms with Crippen LogP contribution in [0, 0.1) is 5.92 Å². The third kappa shape index (κ3) is 4.40. The van der Waals surface area contributed by atoms with Gasteiger partial charge in [-0.25, -0.2) is 9.59 Å². The van der Waals surface area contributed by atoms with Crippen LogP contribution < -0.4 is 11.1 Å². The highest BCUT2D eigenvalue weighted by Crippen LogP contribution is 2.16.